The second-order valence-electron chi connectivity index (χ2n) is 20.1. The van der Waals surface area contributed by atoms with E-state index in [0.29, 0.717) is 6.42 Å². The number of hydrogen-bond donors (Lipinski definition) is 12. The Kier molecular flexibility index (Phi) is 27.8. The lowest BCUT2D eigenvalue weighted by atomic mass is 9.81. The first kappa shape index (κ1) is 64.3. The van der Waals surface area contributed by atoms with Crippen molar-refractivity contribution in [3.05, 3.63) is 85.1 Å². The standard InChI is InChI=1S/C54H86N2O18/c1-8-31(2)47(52(68)70-7)56-51(67)45-42(62)30-54(69)29-38(59)26-41(61)40(60)24-23-36(57)25-37(58)27-44(63)71-34(5)33(4)48(64)32(3)21-19-17-15-13-11-9-10-12-14-16-18-20-22-39(28-43(45)74-54)73-53-50(66)46(55)49(65)35(6)72-53/h9-22,31-43,45-50,53,57-62,64-66,69H,8,23-30,55H2,1-7H3,(H,56,67)/b10-9+,13-11+,14-12+,17-15+,18-16+,21-19+,22-20+/t31?,32-,33-,34-,35+,36+,37+,38-,39-,40+,41+,42-,43-,45+,46-,47-,48+,49+,50-,53-,54+/m0/s1. The van der Waals surface area contributed by atoms with E-state index in [2.05, 4.69) is 5.32 Å². The van der Waals surface area contributed by atoms with Gasteiger partial charge in [-0.05, 0) is 39.0 Å². The lowest BCUT2D eigenvalue weighted by molar-refractivity contribution is -0.307. The molecule has 13 N–H and O–H groups in total. The molecule has 21 atom stereocenters. The minimum Gasteiger partial charge on any atom is -0.467 e. The number of fused-ring (bicyclic) bond motifs is 2. The van der Waals surface area contributed by atoms with Crippen molar-refractivity contribution < 1.29 is 89.1 Å². The number of cyclic esters (lactones) is 1. The van der Waals surface area contributed by atoms with Gasteiger partial charge in [-0.1, -0.05) is 119 Å². The first-order valence-corrected chi connectivity index (χ1v) is 25.8. The van der Waals surface area contributed by atoms with Gasteiger partial charge in [-0.2, -0.15) is 0 Å². The smallest absolute Gasteiger partial charge is 0.328 e. The monoisotopic (exact) mass is 1050 g/mol. The maximum Gasteiger partial charge on any atom is 0.328 e. The van der Waals surface area contributed by atoms with Gasteiger partial charge < -0.3 is 85.8 Å². The summed E-state index contributed by atoms with van der Waals surface area (Å²) in [5.41, 5.74) is 6.12. The zero-order valence-electron chi connectivity index (χ0n) is 43.8. The SMILES string of the molecule is CCC(C)[C@H](NC(=O)[C@H]1[C@@H]2C[C@@H](O[C@@H]3O[C@H](C)[C@@H](O)[C@H](N)[C@@H]3O)/C=C/C=C/C=C/C=C/C=C/C=C/C=C/[C@H](C)[C@@H](O)[C@@H](C)[C@H](C)OC(=O)C[C@H](O)C[C@H](O)CC[C@@H](O)[C@H](O)C[C@H](O)C[C@](O)(C[C@@H]1O)O2)C(=O)OC. The summed E-state index contributed by atoms with van der Waals surface area (Å²) in [5.74, 6) is -7.30. The molecule has 3 heterocycles. The molecule has 3 rings (SSSR count). The topological polar surface area (TPSA) is 338 Å². The highest BCUT2D eigenvalue weighted by atomic mass is 16.7. The highest BCUT2D eigenvalue weighted by Gasteiger charge is 2.51. The van der Waals surface area contributed by atoms with Crippen molar-refractivity contribution in [2.75, 3.05) is 7.11 Å². The number of nitrogens with two attached hydrogens (primary N) is 1. The number of allylic oxidation sites excluding steroid dienone is 12. The van der Waals surface area contributed by atoms with Gasteiger partial charge in [-0.3, -0.25) is 9.59 Å². The number of ether oxygens (including phenoxy) is 5. The summed E-state index contributed by atoms with van der Waals surface area (Å²) in [4.78, 5) is 39.8. The summed E-state index contributed by atoms with van der Waals surface area (Å²) in [7, 11) is 1.17. The molecule has 0 aromatic heterocycles. The predicted octanol–water partition coefficient (Wildman–Crippen LogP) is 1.33. The van der Waals surface area contributed by atoms with E-state index in [4.69, 9.17) is 29.4 Å². The summed E-state index contributed by atoms with van der Waals surface area (Å²) < 4.78 is 28.7. The fourth-order valence-electron chi connectivity index (χ4n) is 9.03. The van der Waals surface area contributed by atoms with E-state index >= 15 is 0 Å². The van der Waals surface area contributed by atoms with Crippen molar-refractivity contribution in [2.45, 2.75) is 203 Å². The van der Waals surface area contributed by atoms with Crippen LogP contribution in [0.2, 0.25) is 0 Å². The molecule has 0 spiro atoms. The summed E-state index contributed by atoms with van der Waals surface area (Å²) in [6.45, 7) is 10.3. The lowest BCUT2D eigenvalue weighted by Gasteiger charge is -2.46. The molecule has 1 unspecified atom stereocenters. The second kappa shape index (κ2) is 31.9. The number of aliphatic hydroxyl groups is 10. The summed E-state index contributed by atoms with van der Waals surface area (Å²) in [5, 5.41) is 113. The van der Waals surface area contributed by atoms with Crippen molar-refractivity contribution in [1.82, 2.24) is 5.32 Å². The lowest BCUT2D eigenvalue weighted by Crippen LogP contribution is -2.62. The van der Waals surface area contributed by atoms with Gasteiger partial charge in [-0.25, -0.2) is 4.79 Å². The zero-order chi connectivity index (χ0) is 55.3. The Labute approximate surface area is 435 Å². The van der Waals surface area contributed by atoms with Gasteiger partial charge in [0.2, 0.25) is 5.91 Å². The van der Waals surface area contributed by atoms with Crippen molar-refractivity contribution >= 4 is 17.8 Å². The molecule has 1 amide bonds. The van der Waals surface area contributed by atoms with E-state index in [-0.39, 0.29) is 31.6 Å². The molecule has 0 aromatic rings. The molecular weight excluding hydrogens is 965 g/mol. The molecule has 20 heteroatoms. The number of carbonyl (C=O) groups excluding carboxylic acids is 3. The first-order valence-electron chi connectivity index (χ1n) is 25.8. The van der Waals surface area contributed by atoms with Gasteiger partial charge >= 0.3 is 11.9 Å². The average Bonchev–Trinajstić information content (AvgIpc) is 3.33. The van der Waals surface area contributed by atoms with Crippen molar-refractivity contribution in [2.24, 2.45) is 29.4 Å². The van der Waals surface area contributed by atoms with Crippen molar-refractivity contribution in [3.8, 4) is 0 Å². The maximum absolute atomic E-state index is 14.2. The number of carbonyl (C=O) groups is 3. The Morgan fingerprint density at radius 3 is 1.89 bits per heavy atom. The fourth-order valence-corrected chi connectivity index (χ4v) is 9.03. The van der Waals surface area contributed by atoms with Crippen LogP contribution in [-0.2, 0) is 38.1 Å². The molecule has 2 saturated heterocycles. The van der Waals surface area contributed by atoms with Crippen LogP contribution >= 0.6 is 0 Å². The summed E-state index contributed by atoms with van der Waals surface area (Å²) in [6.07, 6.45) is 3.74. The van der Waals surface area contributed by atoms with Gasteiger partial charge in [0.15, 0.2) is 12.1 Å². The molecule has 420 valence electrons. The molecule has 0 radical (unpaired) electrons. The number of rotatable bonds is 7. The minimum atomic E-state index is -2.36. The van der Waals surface area contributed by atoms with Crippen molar-refractivity contribution in [1.29, 1.82) is 0 Å². The van der Waals surface area contributed by atoms with Crippen LogP contribution in [-0.4, -0.2) is 180 Å². The van der Waals surface area contributed by atoms with E-state index in [1.807, 2.05) is 32.1 Å². The van der Waals surface area contributed by atoms with E-state index in [0.717, 1.165) is 0 Å². The van der Waals surface area contributed by atoms with E-state index in [1.165, 1.54) is 14.0 Å². The first-order chi connectivity index (χ1) is 34.9. The highest BCUT2D eigenvalue weighted by Crippen LogP contribution is 2.38. The Hall–Kier alpha value is -3.97. The van der Waals surface area contributed by atoms with E-state index in [1.54, 1.807) is 87.6 Å². The van der Waals surface area contributed by atoms with Crippen LogP contribution in [0.25, 0.3) is 0 Å². The van der Waals surface area contributed by atoms with Gasteiger partial charge in [0.05, 0.1) is 92.6 Å². The van der Waals surface area contributed by atoms with Crippen LogP contribution in [0.4, 0.5) is 0 Å². The molecular formula is C54H86N2O18. The second-order valence-corrected chi connectivity index (χ2v) is 20.1. The molecule has 2 bridgehead atoms. The highest BCUT2D eigenvalue weighted by molar-refractivity contribution is 5.86. The van der Waals surface area contributed by atoms with Gasteiger partial charge in [0, 0.05) is 37.5 Å². The minimum absolute atomic E-state index is 0.120. The van der Waals surface area contributed by atoms with E-state index < -0.39 is 165 Å². The molecule has 0 aliphatic carbocycles. The fraction of sp³-hybridized carbons (Fsp3) is 0.685. The van der Waals surface area contributed by atoms with Gasteiger partial charge in [0.25, 0.3) is 0 Å². The quantitative estimate of drug-likeness (QED) is 0.160. The van der Waals surface area contributed by atoms with Crippen LogP contribution in [0.1, 0.15) is 99.3 Å². The van der Waals surface area contributed by atoms with Crippen LogP contribution < -0.4 is 11.1 Å². The molecule has 3 aliphatic heterocycles. The van der Waals surface area contributed by atoms with Crippen LogP contribution in [0.3, 0.4) is 0 Å². The Morgan fingerprint density at radius 2 is 1.31 bits per heavy atom. The average molecular weight is 1050 g/mol. The maximum atomic E-state index is 14.2. The van der Waals surface area contributed by atoms with Crippen LogP contribution in [0, 0.1) is 23.7 Å². The third-order valence-corrected chi connectivity index (χ3v) is 14.0. The van der Waals surface area contributed by atoms with Crippen LogP contribution in [0.5, 0.6) is 0 Å². The molecule has 3 aliphatic rings. The third kappa shape index (κ3) is 20.9. The van der Waals surface area contributed by atoms with Crippen molar-refractivity contribution in [3.63, 3.8) is 0 Å². The summed E-state index contributed by atoms with van der Waals surface area (Å²) >= 11 is 0. The van der Waals surface area contributed by atoms with Gasteiger partial charge in [-0.15, -0.1) is 0 Å². The summed E-state index contributed by atoms with van der Waals surface area (Å²) in [6, 6.07) is -2.30. The number of hydrogen-bond acceptors (Lipinski definition) is 19. The number of amides is 1. The Bertz CT molecular complexity index is 1930. The number of nitrogens with one attached hydrogen (secondary N) is 1. The number of methoxy groups -OCH3 is 1. The zero-order valence-corrected chi connectivity index (χ0v) is 43.8. The van der Waals surface area contributed by atoms with Crippen LogP contribution in [0.15, 0.2) is 85.1 Å². The van der Waals surface area contributed by atoms with E-state index in [9.17, 15) is 65.4 Å². The largest absolute Gasteiger partial charge is 0.467 e. The normalized spacial score (nSPS) is 42.2. The molecule has 0 saturated carbocycles. The molecule has 0 aromatic carbocycles. The molecule has 20 nitrogen and oxygen atoms in total. The Morgan fingerprint density at radius 1 is 0.730 bits per heavy atom. The number of aliphatic hydroxyl groups excluding tert-OH is 9. The predicted molar refractivity (Wildman–Crippen MR) is 273 cm³/mol. The Balaban J connectivity index is 2.00. The molecule has 2 fully saturated rings. The molecule has 74 heavy (non-hydrogen) atoms. The number of esters is 2. The third-order valence-electron chi connectivity index (χ3n) is 14.0. The van der Waals surface area contributed by atoms with Gasteiger partial charge in [0.1, 0.15) is 18.2 Å².